The zero-order chi connectivity index (χ0) is 27.2. The van der Waals surface area contributed by atoms with Crippen molar-refractivity contribution in [3.63, 3.8) is 0 Å². The molecule has 4 aromatic heterocycles. The van der Waals surface area contributed by atoms with E-state index in [1.165, 1.54) is 40.5 Å². The number of hydrogen-bond acceptors (Lipinski definition) is 5. The normalized spacial score (nSPS) is 12.3. The van der Waals surface area contributed by atoms with Crippen molar-refractivity contribution in [2.24, 2.45) is 0 Å². The summed E-state index contributed by atoms with van der Waals surface area (Å²) in [6.07, 6.45) is -6.75. The van der Waals surface area contributed by atoms with E-state index in [1.807, 2.05) is 0 Å². The second-order valence-corrected chi connectivity index (χ2v) is 9.30. The fraction of sp³-hybridized carbons (Fsp3) is 0.130. The van der Waals surface area contributed by atoms with E-state index in [1.54, 1.807) is 17.5 Å². The van der Waals surface area contributed by atoms with E-state index in [0.29, 0.717) is 15.0 Å². The van der Waals surface area contributed by atoms with Crippen LogP contribution in [0.3, 0.4) is 0 Å². The summed E-state index contributed by atoms with van der Waals surface area (Å²) in [4.78, 5) is 17.5. The van der Waals surface area contributed by atoms with Gasteiger partial charge in [0.2, 0.25) is 0 Å². The van der Waals surface area contributed by atoms with Gasteiger partial charge in [0.15, 0.2) is 17.0 Å². The average Bonchev–Trinajstić information content (AvgIpc) is 3.59. The Kier molecular flexibility index (Phi) is 6.39. The molecule has 15 heteroatoms. The molecule has 0 unspecified atom stereocenters. The number of carbonyl (C=O) groups is 1. The quantitative estimate of drug-likeness (QED) is 0.240. The first kappa shape index (κ1) is 25.7. The van der Waals surface area contributed by atoms with Crippen molar-refractivity contribution in [2.45, 2.75) is 18.9 Å². The van der Waals surface area contributed by atoms with Crippen LogP contribution in [0.15, 0.2) is 60.2 Å². The second-order valence-electron chi connectivity index (χ2n) is 7.98. The molecule has 0 bridgehead atoms. The number of hydrogen-bond donors (Lipinski definition) is 1. The number of nitrogens with one attached hydrogen (secondary N) is 1. The van der Waals surface area contributed by atoms with Crippen LogP contribution in [0, 0.1) is 0 Å². The summed E-state index contributed by atoms with van der Waals surface area (Å²) in [6.45, 7) is -0.0285. The molecule has 0 aliphatic heterocycles. The summed E-state index contributed by atoms with van der Waals surface area (Å²) in [6, 6.07) is 8.75. The molecule has 1 N–H and O–H groups in total. The Bertz CT molecular complexity index is 1640. The number of fused-ring (bicyclic) bond motifs is 1. The lowest BCUT2D eigenvalue weighted by atomic mass is 10.1. The van der Waals surface area contributed by atoms with Gasteiger partial charge >= 0.3 is 12.4 Å². The molecule has 0 aliphatic carbocycles. The van der Waals surface area contributed by atoms with E-state index in [-0.39, 0.29) is 28.6 Å². The van der Waals surface area contributed by atoms with Crippen molar-refractivity contribution in [1.82, 2.24) is 24.4 Å². The SMILES string of the molecule is O=C(Nc1cnn(Cc2cccc(C(F)(F)F)c2)c1)c1nn2c(C(F)(F)F)cc(-c3cccs3)nc2c1Cl. The second kappa shape index (κ2) is 9.44. The lowest BCUT2D eigenvalue weighted by Gasteiger charge is -2.10. The Morgan fingerprint density at radius 3 is 2.53 bits per heavy atom. The number of nitrogens with zero attached hydrogens (tertiary/aromatic N) is 5. The Morgan fingerprint density at radius 1 is 1.05 bits per heavy atom. The smallest absolute Gasteiger partial charge is 0.318 e. The molecule has 0 saturated heterocycles. The van der Waals surface area contributed by atoms with E-state index in [0.717, 1.165) is 18.2 Å². The standard InChI is InChI=1S/C23H13ClF6N6OS/c24-18-19(34-36-17(23(28,29)30)8-15(33-20(18)36)16-5-2-6-38-16)21(37)32-14-9-31-35(11-14)10-12-3-1-4-13(7-12)22(25,26)27/h1-9,11H,10H2,(H,32,37). The third kappa shape index (κ3) is 5.09. The number of alkyl halides is 6. The number of benzene rings is 1. The van der Waals surface area contributed by atoms with E-state index < -0.39 is 35.2 Å². The van der Waals surface area contributed by atoms with Crippen LogP contribution in [-0.4, -0.2) is 30.3 Å². The van der Waals surface area contributed by atoms with Crippen LogP contribution in [0.4, 0.5) is 32.0 Å². The van der Waals surface area contributed by atoms with Gasteiger partial charge in [0, 0.05) is 6.20 Å². The number of thiophene rings is 1. The first-order valence-electron chi connectivity index (χ1n) is 10.6. The Labute approximate surface area is 218 Å². The van der Waals surface area contributed by atoms with Crippen molar-refractivity contribution in [1.29, 1.82) is 0 Å². The average molecular weight is 571 g/mol. The Balaban J connectivity index is 1.42. The van der Waals surface area contributed by atoms with Gasteiger partial charge < -0.3 is 5.32 Å². The topological polar surface area (TPSA) is 77.1 Å². The highest BCUT2D eigenvalue weighted by atomic mass is 35.5. The van der Waals surface area contributed by atoms with E-state index in [2.05, 4.69) is 20.5 Å². The van der Waals surface area contributed by atoms with Crippen molar-refractivity contribution in [3.05, 3.63) is 87.8 Å². The molecule has 7 nitrogen and oxygen atoms in total. The van der Waals surface area contributed by atoms with Gasteiger partial charge in [0.05, 0.1) is 34.6 Å². The molecule has 4 heterocycles. The zero-order valence-electron chi connectivity index (χ0n) is 18.7. The van der Waals surface area contributed by atoms with Crippen LogP contribution >= 0.6 is 22.9 Å². The molecular formula is C23H13ClF6N6OS. The number of amides is 1. The lowest BCUT2D eigenvalue weighted by Crippen LogP contribution is -2.15. The maximum absolute atomic E-state index is 13.8. The highest BCUT2D eigenvalue weighted by molar-refractivity contribution is 7.13. The summed E-state index contributed by atoms with van der Waals surface area (Å²) >= 11 is 7.44. The lowest BCUT2D eigenvalue weighted by molar-refractivity contribution is -0.142. The van der Waals surface area contributed by atoms with Crippen molar-refractivity contribution in [2.75, 3.05) is 5.32 Å². The molecule has 196 valence electrons. The molecule has 0 radical (unpaired) electrons. The summed E-state index contributed by atoms with van der Waals surface area (Å²) in [5, 5.41) is 11.5. The molecular weight excluding hydrogens is 558 g/mol. The highest BCUT2D eigenvalue weighted by Gasteiger charge is 2.37. The molecule has 0 saturated carbocycles. The molecule has 38 heavy (non-hydrogen) atoms. The highest BCUT2D eigenvalue weighted by Crippen LogP contribution is 2.35. The number of aromatic nitrogens is 5. The molecule has 1 aromatic carbocycles. The van der Waals surface area contributed by atoms with Gasteiger partial charge in [-0.2, -0.15) is 36.5 Å². The molecule has 5 aromatic rings. The van der Waals surface area contributed by atoms with Crippen molar-refractivity contribution >= 4 is 40.2 Å². The fourth-order valence-corrected chi connectivity index (χ4v) is 4.56. The van der Waals surface area contributed by atoms with Crippen molar-refractivity contribution < 1.29 is 31.1 Å². The minimum Gasteiger partial charge on any atom is -0.318 e. The van der Waals surface area contributed by atoms with Gasteiger partial charge in [-0.1, -0.05) is 29.8 Å². The van der Waals surface area contributed by atoms with Crippen molar-refractivity contribution in [3.8, 4) is 10.6 Å². The van der Waals surface area contributed by atoms with E-state index in [4.69, 9.17) is 11.6 Å². The monoisotopic (exact) mass is 570 g/mol. The first-order valence-corrected chi connectivity index (χ1v) is 11.9. The van der Waals surface area contributed by atoms with Gasteiger partial charge in [-0.15, -0.1) is 11.3 Å². The Morgan fingerprint density at radius 2 is 1.84 bits per heavy atom. The number of halogens is 7. The summed E-state index contributed by atoms with van der Waals surface area (Å²) in [5.41, 5.74) is -2.37. The summed E-state index contributed by atoms with van der Waals surface area (Å²) in [7, 11) is 0. The predicted molar refractivity (Wildman–Crippen MR) is 127 cm³/mol. The molecule has 0 fully saturated rings. The van der Waals surface area contributed by atoms with Gasteiger partial charge in [0.25, 0.3) is 5.91 Å². The summed E-state index contributed by atoms with van der Waals surface area (Å²) < 4.78 is 82.0. The molecule has 5 rings (SSSR count). The molecule has 0 atom stereocenters. The predicted octanol–water partition coefficient (Wildman–Crippen LogP) is 6.65. The van der Waals surface area contributed by atoms with E-state index in [9.17, 15) is 31.1 Å². The zero-order valence-corrected chi connectivity index (χ0v) is 20.3. The first-order chi connectivity index (χ1) is 17.9. The maximum atomic E-state index is 13.8. The third-order valence-electron chi connectivity index (χ3n) is 5.30. The molecule has 0 spiro atoms. The van der Waals surface area contributed by atoms with Crippen LogP contribution < -0.4 is 5.32 Å². The Hall–Kier alpha value is -3.91. The number of anilines is 1. The maximum Gasteiger partial charge on any atom is 0.433 e. The fourth-order valence-electron chi connectivity index (χ4n) is 3.63. The van der Waals surface area contributed by atoms with Crippen LogP contribution in [0.2, 0.25) is 5.02 Å². The minimum absolute atomic E-state index is 0.0180. The third-order valence-corrected chi connectivity index (χ3v) is 6.54. The van der Waals surface area contributed by atoms with Crippen LogP contribution in [-0.2, 0) is 18.9 Å². The molecule has 0 aliphatic rings. The summed E-state index contributed by atoms with van der Waals surface area (Å²) in [5.74, 6) is -0.926. The van der Waals surface area contributed by atoms with Gasteiger partial charge in [-0.25, -0.2) is 9.50 Å². The number of rotatable bonds is 5. The van der Waals surface area contributed by atoms with Crippen LogP contribution in [0.1, 0.15) is 27.3 Å². The van der Waals surface area contributed by atoms with Gasteiger partial charge in [-0.05, 0) is 35.2 Å². The molecule has 1 amide bonds. The number of carbonyl (C=O) groups excluding carboxylic acids is 1. The van der Waals surface area contributed by atoms with Gasteiger partial charge in [-0.3, -0.25) is 9.48 Å². The van der Waals surface area contributed by atoms with E-state index >= 15 is 0 Å². The van der Waals surface area contributed by atoms with Crippen LogP contribution in [0.5, 0.6) is 0 Å². The van der Waals surface area contributed by atoms with Gasteiger partial charge in [0.1, 0.15) is 5.02 Å². The largest absolute Gasteiger partial charge is 0.433 e. The minimum atomic E-state index is -4.82. The van der Waals surface area contributed by atoms with Crippen LogP contribution in [0.25, 0.3) is 16.2 Å².